The fraction of sp³-hybridized carbons (Fsp3) is 0.111. The van der Waals surface area contributed by atoms with Gasteiger partial charge in [-0.2, -0.15) is 18.4 Å². The van der Waals surface area contributed by atoms with E-state index in [1.807, 2.05) is 0 Å². The van der Waals surface area contributed by atoms with E-state index in [4.69, 9.17) is 4.74 Å². The number of benzene rings is 3. The van der Waals surface area contributed by atoms with E-state index in [0.717, 1.165) is 28.7 Å². The maximum atomic E-state index is 12.9. The number of thioether (sulfide) groups is 1. The fourth-order valence-corrected chi connectivity index (χ4v) is 4.89. The van der Waals surface area contributed by atoms with Crippen LogP contribution in [-0.4, -0.2) is 28.5 Å². The number of carbonyl (C=O) groups is 3. The smallest absolute Gasteiger partial charge is 0.416 e. The molecule has 1 N–H and O–H groups in total. The van der Waals surface area contributed by atoms with E-state index in [2.05, 4.69) is 27.3 Å². The second kappa shape index (κ2) is 11.8. The first-order valence-electron chi connectivity index (χ1n) is 11.2. The lowest BCUT2D eigenvalue weighted by Gasteiger charge is -2.13. The fourth-order valence-electron chi connectivity index (χ4n) is 3.54. The minimum atomic E-state index is -4.58. The number of nitriles is 1. The van der Waals surface area contributed by atoms with Crippen molar-refractivity contribution in [3.63, 3.8) is 0 Å². The maximum Gasteiger partial charge on any atom is 0.416 e. The normalized spacial score (nSPS) is 14.4. The Labute approximate surface area is 233 Å². The molecule has 0 unspecified atom stereocenters. The van der Waals surface area contributed by atoms with Crippen molar-refractivity contribution in [3.05, 3.63) is 98.4 Å². The Morgan fingerprint density at radius 3 is 2.59 bits per heavy atom. The van der Waals surface area contributed by atoms with Crippen LogP contribution in [0.4, 0.5) is 23.7 Å². The summed E-state index contributed by atoms with van der Waals surface area (Å²) in [5.74, 6) is -1.02. The van der Waals surface area contributed by atoms with E-state index in [1.54, 1.807) is 42.5 Å². The van der Waals surface area contributed by atoms with Gasteiger partial charge in [-0.3, -0.25) is 19.3 Å². The molecule has 0 saturated carbocycles. The van der Waals surface area contributed by atoms with Gasteiger partial charge in [0, 0.05) is 11.3 Å². The van der Waals surface area contributed by atoms with Gasteiger partial charge in [-0.1, -0.05) is 30.3 Å². The van der Waals surface area contributed by atoms with Crippen LogP contribution in [0.3, 0.4) is 0 Å². The lowest BCUT2D eigenvalue weighted by Crippen LogP contribution is -2.36. The number of nitrogens with one attached hydrogen (secondary N) is 1. The summed E-state index contributed by atoms with van der Waals surface area (Å²) in [7, 11) is 0. The Morgan fingerprint density at radius 1 is 1.10 bits per heavy atom. The van der Waals surface area contributed by atoms with Gasteiger partial charge in [-0.15, -0.1) is 0 Å². The molecule has 1 heterocycles. The van der Waals surface area contributed by atoms with Crippen molar-refractivity contribution in [1.82, 2.24) is 4.90 Å². The average Bonchev–Trinajstić information content (AvgIpc) is 3.15. The zero-order chi connectivity index (χ0) is 28.2. The van der Waals surface area contributed by atoms with Gasteiger partial charge in [0.05, 0.1) is 26.6 Å². The zero-order valence-corrected chi connectivity index (χ0v) is 22.2. The average molecular weight is 616 g/mol. The molecule has 0 atom stereocenters. The minimum Gasteiger partial charge on any atom is -0.488 e. The summed E-state index contributed by atoms with van der Waals surface area (Å²) >= 11 is 4.06. The van der Waals surface area contributed by atoms with Crippen LogP contribution in [0, 0.1) is 11.3 Å². The van der Waals surface area contributed by atoms with E-state index in [0.29, 0.717) is 33.1 Å². The highest BCUT2D eigenvalue weighted by Crippen LogP contribution is 2.34. The minimum absolute atomic E-state index is 0.0791. The number of halogens is 4. The molecule has 0 aromatic heterocycles. The van der Waals surface area contributed by atoms with Gasteiger partial charge < -0.3 is 10.1 Å². The SMILES string of the molecule is N#Cc1ccccc1COc1ccc(/C=C2\SC(=O)N(CC(=O)Nc3cccc(C(F)(F)F)c3)C2=O)cc1Br. The lowest BCUT2D eigenvalue weighted by atomic mass is 10.1. The number of nitrogens with zero attached hydrogens (tertiary/aromatic N) is 2. The third-order valence-electron chi connectivity index (χ3n) is 5.42. The molecule has 39 heavy (non-hydrogen) atoms. The number of alkyl halides is 3. The van der Waals surface area contributed by atoms with Crippen LogP contribution < -0.4 is 10.1 Å². The van der Waals surface area contributed by atoms with Crippen LogP contribution in [0.25, 0.3) is 6.08 Å². The molecular weight excluding hydrogens is 599 g/mol. The van der Waals surface area contributed by atoms with Gasteiger partial charge in [0.2, 0.25) is 5.91 Å². The van der Waals surface area contributed by atoms with Crippen molar-refractivity contribution in [2.24, 2.45) is 0 Å². The first-order valence-corrected chi connectivity index (χ1v) is 12.8. The number of ether oxygens (including phenoxy) is 1. The highest BCUT2D eigenvalue weighted by Gasteiger charge is 2.36. The summed E-state index contributed by atoms with van der Waals surface area (Å²) in [6.07, 6.45) is -3.10. The molecule has 1 aliphatic rings. The van der Waals surface area contributed by atoms with Crippen molar-refractivity contribution in [2.75, 3.05) is 11.9 Å². The van der Waals surface area contributed by atoms with Gasteiger partial charge in [0.1, 0.15) is 18.9 Å². The second-order valence-corrected chi connectivity index (χ2v) is 9.99. The number of rotatable bonds is 7. The third kappa shape index (κ3) is 6.87. The Balaban J connectivity index is 1.40. The van der Waals surface area contributed by atoms with Crippen molar-refractivity contribution in [1.29, 1.82) is 5.26 Å². The summed E-state index contributed by atoms with van der Waals surface area (Å²) < 4.78 is 45.1. The Hall–Kier alpha value is -4.08. The highest BCUT2D eigenvalue weighted by atomic mass is 79.9. The van der Waals surface area contributed by atoms with Crippen LogP contribution in [0.1, 0.15) is 22.3 Å². The molecule has 1 saturated heterocycles. The number of imide groups is 1. The summed E-state index contributed by atoms with van der Waals surface area (Å²) in [4.78, 5) is 38.4. The molecule has 12 heteroatoms. The van der Waals surface area contributed by atoms with Gasteiger partial charge >= 0.3 is 6.18 Å². The Kier molecular flexibility index (Phi) is 8.42. The third-order valence-corrected chi connectivity index (χ3v) is 6.95. The molecule has 7 nitrogen and oxygen atoms in total. The largest absolute Gasteiger partial charge is 0.488 e. The first kappa shape index (κ1) is 27.9. The van der Waals surface area contributed by atoms with E-state index in [1.165, 1.54) is 12.1 Å². The number of anilines is 1. The predicted molar refractivity (Wildman–Crippen MR) is 142 cm³/mol. The summed E-state index contributed by atoms with van der Waals surface area (Å²) in [6.45, 7) is -0.484. The van der Waals surface area contributed by atoms with E-state index < -0.39 is 35.3 Å². The van der Waals surface area contributed by atoms with Crippen molar-refractivity contribution < 1.29 is 32.3 Å². The number of hydrogen-bond acceptors (Lipinski definition) is 6. The maximum absolute atomic E-state index is 12.9. The van der Waals surface area contributed by atoms with E-state index in [-0.39, 0.29) is 17.2 Å². The summed E-state index contributed by atoms with van der Waals surface area (Å²) in [5.41, 5.74) is 0.751. The van der Waals surface area contributed by atoms with Crippen molar-refractivity contribution in [2.45, 2.75) is 12.8 Å². The van der Waals surface area contributed by atoms with Gasteiger partial charge in [0.25, 0.3) is 11.1 Å². The topological polar surface area (TPSA) is 99.5 Å². The molecular formula is C27H17BrF3N3O4S. The molecule has 198 valence electrons. The number of carbonyl (C=O) groups excluding carboxylic acids is 3. The van der Waals surface area contributed by atoms with Crippen molar-refractivity contribution in [3.8, 4) is 11.8 Å². The molecule has 0 spiro atoms. The standard InChI is InChI=1S/C27H17BrF3N3O4S/c28-21-10-16(8-9-22(21)38-15-18-5-2-1-4-17(18)13-32)11-23-25(36)34(26(37)39-23)14-24(35)33-20-7-3-6-19(12-20)27(29,30)31/h1-12H,14-15H2,(H,33,35)/b23-11-. The molecule has 3 amide bonds. The van der Waals surface area contributed by atoms with Crippen LogP contribution >= 0.6 is 27.7 Å². The Morgan fingerprint density at radius 2 is 1.87 bits per heavy atom. The van der Waals surface area contributed by atoms with Crippen molar-refractivity contribution >= 4 is 56.5 Å². The van der Waals surface area contributed by atoms with E-state index in [9.17, 15) is 32.8 Å². The predicted octanol–water partition coefficient (Wildman–Crippen LogP) is 6.59. The molecule has 3 aromatic rings. The molecule has 1 fully saturated rings. The second-order valence-electron chi connectivity index (χ2n) is 8.14. The van der Waals surface area contributed by atoms with Gasteiger partial charge in [-0.05, 0) is 75.7 Å². The van der Waals surface area contributed by atoms with Crippen LogP contribution in [0.2, 0.25) is 0 Å². The van der Waals surface area contributed by atoms with Crippen LogP contribution in [0.15, 0.2) is 76.1 Å². The van der Waals surface area contributed by atoms with Gasteiger partial charge in [0.15, 0.2) is 0 Å². The highest BCUT2D eigenvalue weighted by molar-refractivity contribution is 9.10. The summed E-state index contributed by atoms with van der Waals surface area (Å²) in [5, 5.41) is 10.8. The molecule has 0 aliphatic carbocycles. The Bertz CT molecular complexity index is 1540. The molecule has 1 aliphatic heterocycles. The molecule has 3 aromatic carbocycles. The molecule has 0 bridgehead atoms. The van der Waals surface area contributed by atoms with Gasteiger partial charge in [-0.25, -0.2) is 0 Å². The zero-order valence-electron chi connectivity index (χ0n) is 19.8. The molecule has 0 radical (unpaired) electrons. The van der Waals surface area contributed by atoms with E-state index >= 15 is 0 Å². The van der Waals surface area contributed by atoms with Crippen LogP contribution in [-0.2, 0) is 22.4 Å². The molecule has 4 rings (SSSR count). The summed E-state index contributed by atoms with van der Waals surface area (Å²) in [6, 6.07) is 18.2. The quantitative estimate of drug-likeness (QED) is 0.301. The first-order chi connectivity index (χ1) is 18.5. The monoisotopic (exact) mass is 615 g/mol. The lowest BCUT2D eigenvalue weighted by molar-refractivity contribution is -0.137. The number of hydrogen-bond donors (Lipinski definition) is 1. The number of amides is 3. The van der Waals surface area contributed by atoms with Crippen LogP contribution in [0.5, 0.6) is 5.75 Å².